The number of halogens is 3. The largest absolute Gasteiger partial charge is 0.316 e. The molecule has 1 heterocycles. The number of rotatable bonds is 2. The zero-order valence-electron chi connectivity index (χ0n) is 8.00. The molecule has 0 bridgehead atoms. The van der Waals surface area contributed by atoms with Crippen molar-refractivity contribution in [1.29, 1.82) is 0 Å². The normalized spacial score (nSPS) is 20.0. The first kappa shape index (κ1) is 13.5. The fourth-order valence-electron chi connectivity index (χ4n) is 1.49. The van der Waals surface area contributed by atoms with Crippen molar-refractivity contribution in [2.24, 2.45) is 0 Å². The molecule has 2 rings (SSSR count). The Hall–Kier alpha value is 0.400. The Morgan fingerprint density at radius 3 is 2.47 bits per heavy atom. The van der Waals surface area contributed by atoms with Gasteiger partial charge in [-0.1, -0.05) is 29.3 Å². The summed E-state index contributed by atoms with van der Waals surface area (Å²) in [6.45, 7) is 2.14. The number of thioether (sulfide) groups is 1. The van der Waals surface area contributed by atoms with Gasteiger partial charge in [0.15, 0.2) is 0 Å². The maximum absolute atomic E-state index is 6.08. The molecule has 0 aromatic heterocycles. The van der Waals surface area contributed by atoms with Crippen molar-refractivity contribution in [3.8, 4) is 0 Å². The molecule has 1 aromatic carbocycles. The van der Waals surface area contributed by atoms with Gasteiger partial charge in [-0.3, -0.25) is 0 Å². The maximum Gasteiger partial charge on any atom is 0.0557 e. The summed E-state index contributed by atoms with van der Waals surface area (Å²) in [6, 6.07) is 5.65. The lowest BCUT2D eigenvalue weighted by molar-refractivity contribution is 0.858. The zero-order valence-corrected chi connectivity index (χ0v) is 11.1. The second kappa shape index (κ2) is 6.21. The van der Waals surface area contributed by atoms with Gasteiger partial charge in [-0.15, -0.1) is 24.2 Å². The van der Waals surface area contributed by atoms with E-state index in [0.717, 1.165) is 28.0 Å². The van der Waals surface area contributed by atoms with Gasteiger partial charge in [0, 0.05) is 16.7 Å². The first-order valence-electron chi connectivity index (χ1n) is 4.59. The van der Waals surface area contributed by atoms with Crippen LogP contribution >= 0.6 is 47.4 Å². The molecule has 1 unspecified atom stereocenters. The molecular weight excluding hydrogens is 273 g/mol. The van der Waals surface area contributed by atoms with Crippen molar-refractivity contribution in [1.82, 2.24) is 5.32 Å². The second-order valence-electron chi connectivity index (χ2n) is 3.28. The molecule has 1 atom stereocenters. The first-order valence-corrected chi connectivity index (χ1v) is 6.22. The van der Waals surface area contributed by atoms with E-state index in [4.69, 9.17) is 23.2 Å². The predicted octanol–water partition coefficient (Wildman–Crippen LogP) is 3.87. The van der Waals surface area contributed by atoms with E-state index in [2.05, 4.69) is 5.32 Å². The molecule has 0 amide bonds. The van der Waals surface area contributed by atoms with E-state index < -0.39 is 0 Å². The van der Waals surface area contributed by atoms with Gasteiger partial charge in [0.1, 0.15) is 0 Å². The highest BCUT2D eigenvalue weighted by atomic mass is 35.5. The van der Waals surface area contributed by atoms with Crippen molar-refractivity contribution in [3.63, 3.8) is 0 Å². The molecule has 0 radical (unpaired) electrons. The summed E-state index contributed by atoms with van der Waals surface area (Å²) >= 11 is 13.9. The highest BCUT2D eigenvalue weighted by Crippen LogP contribution is 2.37. The number of hydrogen-bond acceptors (Lipinski definition) is 2. The van der Waals surface area contributed by atoms with E-state index in [1.807, 2.05) is 18.2 Å². The molecule has 1 N–H and O–H groups in total. The third-order valence-corrected chi connectivity index (χ3v) is 4.48. The third-order valence-electron chi connectivity index (χ3n) is 2.22. The molecular formula is C10H12Cl3NS. The summed E-state index contributed by atoms with van der Waals surface area (Å²) in [6.07, 6.45) is 1.19. The van der Waals surface area contributed by atoms with Gasteiger partial charge in [-0.2, -0.15) is 0 Å². The molecule has 1 fully saturated rings. The molecule has 1 saturated heterocycles. The Labute approximate surface area is 110 Å². The van der Waals surface area contributed by atoms with Crippen molar-refractivity contribution in [3.05, 3.63) is 28.2 Å². The minimum absolute atomic E-state index is 0. The molecule has 1 aliphatic rings. The van der Waals surface area contributed by atoms with E-state index in [0.29, 0.717) is 5.25 Å². The van der Waals surface area contributed by atoms with Gasteiger partial charge in [0.25, 0.3) is 0 Å². The Morgan fingerprint density at radius 1 is 1.27 bits per heavy atom. The van der Waals surface area contributed by atoms with Crippen molar-refractivity contribution >= 4 is 47.4 Å². The van der Waals surface area contributed by atoms with Gasteiger partial charge in [0.2, 0.25) is 0 Å². The van der Waals surface area contributed by atoms with Crippen LogP contribution in [0.25, 0.3) is 0 Å². The summed E-state index contributed by atoms with van der Waals surface area (Å²) in [5.41, 5.74) is 0. The van der Waals surface area contributed by atoms with Crippen LogP contribution in [0.15, 0.2) is 23.1 Å². The summed E-state index contributed by atoms with van der Waals surface area (Å²) < 4.78 is 0. The number of nitrogens with one attached hydrogen (secondary N) is 1. The predicted molar refractivity (Wildman–Crippen MR) is 70.8 cm³/mol. The fraction of sp³-hybridized carbons (Fsp3) is 0.400. The molecule has 1 nitrogen and oxygen atoms in total. The Morgan fingerprint density at radius 2 is 1.93 bits per heavy atom. The highest BCUT2D eigenvalue weighted by molar-refractivity contribution is 8.00. The SMILES string of the molecule is Cl.Clc1cccc(Cl)c1SC1CCNC1. The van der Waals surface area contributed by atoms with Crippen LogP contribution in [0.4, 0.5) is 0 Å². The Balaban J connectivity index is 0.00000112. The molecule has 0 aliphatic carbocycles. The van der Waals surface area contributed by atoms with Crippen LogP contribution in [0, 0.1) is 0 Å². The quantitative estimate of drug-likeness (QED) is 0.885. The summed E-state index contributed by atoms with van der Waals surface area (Å²) in [7, 11) is 0. The van der Waals surface area contributed by atoms with E-state index in [1.54, 1.807) is 11.8 Å². The van der Waals surface area contributed by atoms with Crippen molar-refractivity contribution in [2.45, 2.75) is 16.6 Å². The summed E-state index contributed by atoms with van der Waals surface area (Å²) in [5, 5.41) is 5.45. The standard InChI is InChI=1S/C10H11Cl2NS.ClH/c11-8-2-1-3-9(12)10(8)14-7-4-5-13-6-7;/h1-3,7,13H,4-6H2;1H. The number of hydrogen-bond donors (Lipinski definition) is 1. The smallest absolute Gasteiger partial charge is 0.0557 e. The van der Waals surface area contributed by atoms with E-state index in [1.165, 1.54) is 6.42 Å². The summed E-state index contributed by atoms with van der Waals surface area (Å²) in [4.78, 5) is 1.02. The molecule has 84 valence electrons. The Kier molecular flexibility index (Phi) is 5.58. The number of benzene rings is 1. The minimum Gasteiger partial charge on any atom is -0.316 e. The molecule has 0 spiro atoms. The molecule has 1 aromatic rings. The van der Waals surface area contributed by atoms with Crippen LogP contribution in [0.2, 0.25) is 10.0 Å². The lowest BCUT2D eigenvalue weighted by Crippen LogP contribution is -2.10. The monoisotopic (exact) mass is 283 g/mol. The topological polar surface area (TPSA) is 12.0 Å². The second-order valence-corrected chi connectivity index (χ2v) is 5.41. The first-order chi connectivity index (χ1) is 6.77. The van der Waals surface area contributed by atoms with Crippen LogP contribution in [0.3, 0.4) is 0 Å². The average molecular weight is 285 g/mol. The van der Waals surface area contributed by atoms with Crippen LogP contribution in [-0.4, -0.2) is 18.3 Å². The molecule has 5 heteroatoms. The molecule has 1 aliphatic heterocycles. The van der Waals surface area contributed by atoms with Crippen molar-refractivity contribution < 1.29 is 0 Å². The van der Waals surface area contributed by atoms with Crippen LogP contribution < -0.4 is 5.32 Å². The average Bonchev–Trinajstić information content (AvgIpc) is 2.64. The fourth-order valence-corrected chi connectivity index (χ4v) is 3.29. The van der Waals surface area contributed by atoms with Gasteiger partial charge >= 0.3 is 0 Å². The molecule has 0 saturated carbocycles. The lowest BCUT2D eigenvalue weighted by atomic mass is 10.4. The van der Waals surface area contributed by atoms with E-state index >= 15 is 0 Å². The maximum atomic E-state index is 6.08. The zero-order chi connectivity index (χ0) is 9.97. The third kappa shape index (κ3) is 3.43. The highest BCUT2D eigenvalue weighted by Gasteiger charge is 2.18. The molecule has 15 heavy (non-hydrogen) atoms. The van der Waals surface area contributed by atoms with Gasteiger partial charge in [-0.25, -0.2) is 0 Å². The van der Waals surface area contributed by atoms with Gasteiger partial charge in [-0.05, 0) is 25.1 Å². The minimum atomic E-state index is 0. The van der Waals surface area contributed by atoms with Gasteiger partial charge in [0.05, 0.1) is 10.0 Å². The van der Waals surface area contributed by atoms with Crippen LogP contribution in [0.1, 0.15) is 6.42 Å². The summed E-state index contributed by atoms with van der Waals surface area (Å²) in [5.74, 6) is 0. The van der Waals surface area contributed by atoms with Crippen LogP contribution in [-0.2, 0) is 0 Å². The Bertz CT molecular complexity index is 306. The van der Waals surface area contributed by atoms with E-state index in [-0.39, 0.29) is 12.4 Å². The van der Waals surface area contributed by atoms with Gasteiger partial charge < -0.3 is 5.32 Å². The van der Waals surface area contributed by atoms with E-state index in [9.17, 15) is 0 Å². The van der Waals surface area contributed by atoms with Crippen molar-refractivity contribution in [2.75, 3.05) is 13.1 Å². The van der Waals surface area contributed by atoms with Crippen LogP contribution in [0.5, 0.6) is 0 Å². The lowest BCUT2D eigenvalue weighted by Gasteiger charge is -2.10.